The number of benzene rings is 1. The summed E-state index contributed by atoms with van der Waals surface area (Å²) < 4.78 is 1.60. The van der Waals surface area contributed by atoms with E-state index < -0.39 is 5.54 Å². The number of amides is 2. The molecule has 2 fully saturated rings. The Morgan fingerprint density at radius 1 is 1.11 bits per heavy atom. The van der Waals surface area contributed by atoms with Gasteiger partial charge >= 0.3 is 0 Å². The first-order valence-electron chi connectivity index (χ1n) is 9.69. The minimum Gasteiger partial charge on any atom is -0.354 e. The van der Waals surface area contributed by atoms with Crippen LogP contribution in [-0.2, 0) is 4.79 Å². The molecule has 8 nitrogen and oxygen atoms in total. The molecule has 2 amide bonds. The lowest BCUT2D eigenvalue weighted by Gasteiger charge is -2.40. The standard InChI is InChI=1S/C20H26N6O2/c1-19(2)13-21-18(28)20(22-14-19)8-10-25(11-9-20)17(27)16-12-26(24-23-16)15-6-4-3-5-7-15/h3-7,12,22H,8-11,13-14H2,1-2H3,(H,21,28). The molecule has 2 saturated heterocycles. The summed E-state index contributed by atoms with van der Waals surface area (Å²) in [5.74, 6) is -0.105. The maximum absolute atomic E-state index is 12.9. The first-order valence-corrected chi connectivity index (χ1v) is 9.69. The van der Waals surface area contributed by atoms with E-state index in [0.717, 1.165) is 12.2 Å². The Hall–Kier alpha value is -2.74. The van der Waals surface area contributed by atoms with Crippen molar-refractivity contribution in [2.45, 2.75) is 32.2 Å². The number of likely N-dealkylation sites (tertiary alicyclic amines) is 1. The Labute approximate surface area is 164 Å². The monoisotopic (exact) mass is 382 g/mol. The summed E-state index contributed by atoms with van der Waals surface area (Å²) in [5.41, 5.74) is 0.599. The number of hydrogen-bond donors (Lipinski definition) is 2. The summed E-state index contributed by atoms with van der Waals surface area (Å²) in [6.45, 7) is 6.72. The summed E-state index contributed by atoms with van der Waals surface area (Å²) in [6, 6.07) is 9.56. The van der Waals surface area contributed by atoms with Crippen LogP contribution in [0.3, 0.4) is 0 Å². The van der Waals surface area contributed by atoms with Gasteiger partial charge in [-0.1, -0.05) is 37.3 Å². The molecule has 0 unspecified atom stereocenters. The van der Waals surface area contributed by atoms with E-state index in [1.54, 1.807) is 15.8 Å². The predicted octanol–water partition coefficient (Wildman–Crippen LogP) is 0.988. The fraction of sp³-hybridized carbons (Fsp3) is 0.500. The molecule has 2 aromatic rings. The van der Waals surface area contributed by atoms with Gasteiger partial charge in [0.1, 0.15) is 5.54 Å². The Morgan fingerprint density at radius 3 is 2.54 bits per heavy atom. The molecule has 148 valence electrons. The largest absolute Gasteiger partial charge is 0.354 e. The number of piperidine rings is 1. The maximum Gasteiger partial charge on any atom is 0.276 e. The van der Waals surface area contributed by atoms with Crippen LogP contribution in [0.15, 0.2) is 36.5 Å². The molecule has 4 rings (SSSR count). The van der Waals surface area contributed by atoms with E-state index in [1.807, 2.05) is 30.3 Å². The average molecular weight is 382 g/mol. The number of carbonyl (C=O) groups is 2. The number of para-hydroxylation sites is 1. The molecule has 2 aliphatic heterocycles. The third-order valence-corrected chi connectivity index (χ3v) is 5.70. The van der Waals surface area contributed by atoms with E-state index in [1.165, 1.54) is 0 Å². The van der Waals surface area contributed by atoms with Crippen molar-refractivity contribution in [2.24, 2.45) is 5.41 Å². The van der Waals surface area contributed by atoms with Gasteiger partial charge in [0.05, 0.1) is 11.9 Å². The van der Waals surface area contributed by atoms with Crippen molar-refractivity contribution >= 4 is 11.8 Å². The summed E-state index contributed by atoms with van der Waals surface area (Å²) in [7, 11) is 0. The van der Waals surface area contributed by atoms with Gasteiger partial charge in [0.25, 0.3) is 5.91 Å². The van der Waals surface area contributed by atoms with E-state index >= 15 is 0 Å². The summed E-state index contributed by atoms with van der Waals surface area (Å²) in [6.07, 6.45) is 2.84. The van der Waals surface area contributed by atoms with Gasteiger partial charge in [-0.3, -0.25) is 9.59 Å². The van der Waals surface area contributed by atoms with Crippen molar-refractivity contribution < 1.29 is 9.59 Å². The average Bonchev–Trinajstić information content (AvgIpc) is 3.18. The van der Waals surface area contributed by atoms with Crippen LogP contribution in [0.4, 0.5) is 0 Å². The van der Waals surface area contributed by atoms with Crippen molar-refractivity contribution in [1.82, 2.24) is 30.5 Å². The fourth-order valence-electron chi connectivity index (χ4n) is 3.77. The molecular weight excluding hydrogens is 356 g/mol. The van der Waals surface area contributed by atoms with Crippen LogP contribution in [-0.4, -0.2) is 63.4 Å². The van der Waals surface area contributed by atoms with E-state index in [0.29, 0.717) is 38.2 Å². The molecular formula is C20H26N6O2. The zero-order chi connectivity index (χ0) is 19.8. The van der Waals surface area contributed by atoms with Gasteiger partial charge in [0.2, 0.25) is 5.91 Å². The van der Waals surface area contributed by atoms with Crippen LogP contribution < -0.4 is 10.6 Å². The molecule has 1 aromatic carbocycles. The Morgan fingerprint density at radius 2 is 1.82 bits per heavy atom. The van der Waals surface area contributed by atoms with Crippen LogP contribution in [0.1, 0.15) is 37.2 Å². The molecule has 0 aliphatic carbocycles. The third-order valence-electron chi connectivity index (χ3n) is 5.70. The van der Waals surface area contributed by atoms with Gasteiger partial charge in [0, 0.05) is 26.2 Å². The molecule has 1 spiro atoms. The number of nitrogens with zero attached hydrogens (tertiary/aromatic N) is 4. The fourth-order valence-corrected chi connectivity index (χ4v) is 3.77. The lowest BCUT2D eigenvalue weighted by molar-refractivity contribution is -0.128. The summed E-state index contributed by atoms with van der Waals surface area (Å²) in [4.78, 5) is 27.3. The lowest BCUT2D eigenvalue weighted by Crippen LogP contribution is -2.61. The van der Waals surface area contributed by atoms with Gasteiger partial charge < -0.3 is 15.5 Å². The highest BCUT2D eigenvalue weighted by Crippen LogP contribution is 2.28. The molecule has 0 bridgehead atoms. The summed E-state index contributed by atoms with van der Waals surface area (Å²) >= 11 is 0. The molecule has 2 aliphatic rings. The van der Waals surface area contributed by atoms with Crippen molar-refractivity contribution in [3.63, 3.8) is 0 Å². The van der Waals surface area contributed by atoms with Gasteiger partial charge in [-0.15, -0.1) is 5.10 Å². The second-order valence-corrected chi connectivity index (χ2v) is 8.46. The van der Waals surface area contributed by atoms with E-state index in [-0.39, 0.29) is 17.2 Å². The van der Waals surface area contributed by atoms with Gasteiger partial charge in [-0.05, 0) is 30.4 Å². The Kier molecular flexibility index (Phi) is 4.66. The van der Waals surface area contributed by atoms with Crippen LogP contribution in [0.25, 0.3) is 5.69 Å². The van der Waals surface area contributed by atoms with Crippen molar-refractivity contribution in [3.8, 4) is 5.69 Å². The normalized spacial score (nSPS) is 21.2. The number of carbonyl (C=O) groups excluding carboxylic acids is 2. The lowest BCUT2D eigenvalue weighted by atomic mass is 9.86. The highest BCUT2D eigenvalue weighted by molar-refractivity contribution is 5.93. The first kappa shape index (κ1) is 18.6. The SMILES string of the molecule is CC1(C)CNC(=O)C2(CCN(C(=O)c3cn(-c4ccccc4)nn3)CC2)NC1. The number of nitrogens with one attached hydrogen (secondary N) is 2. The van der Waals surface area contributed by atoms with Crippen LogP contribution in [0, 0.1) is 5.41 Å². The first-order chi connectivity index (χ1) is 13.4. The number of hydrogen-bond acceptors (Lipinski definition) is 5. The molecule has 0 saturated carbocycles. The van der Waals surface area contributed by atoms with E-state index in [2.05, 4.69) is 34.8 Å². The Bertz CT molecular complexity index is 868. The third kappa shape index (κ3) is 3.52. The Balaban J connectivity index is 1.43. The minimum atomic E-state index is -0.591. The smallest absolute Gasteiger partial charge is 0.276 e. The van der Waals surface area contributed by atoms with E-state index in [4.69, 9.17) is 0 Å². The summed E-state index contributed by atoms with van der Waals surface area (Å²) in [5, 5.41) is 14.7. The molecule has 2 N–H and O–H groups in total. The van der Waals surface area contributed by atoms with Crippen molar-refractivity contribution in [2.75, 3.05) is 26.2 Å². The van der Waals surface area contributed by atoms with Crippen molar-refractivity contribution in [1.29, 1.82) is 0 Å². The van der Waals surface area contributed by atoms with Crippen LogP contribution in [0.5, 0.6) is 0 Å². The minimum absolute atomic E-state index is 0.0159. The van der Waals surface area contributed by atoms with Gasteiger partial charge in [-0.2, -0.15) is 0 Å². The predicted molar refractivity (Wildman–Crippen MR) is 104 cm³/mol. The molecule has 28 heavy (non-hydrogen) atoms. The molecule has 1 aromatic heterocycles. The van der Waals surface area contributed by atoms with E-state index in [9.17, 15) is 9.59 Å². The maximum atomic E-state index is 12.9. The van der Waals surface area contributed by atoms with Crippen LogP contribution >= 0.6 is 0 Å². The topological polar surface area (TPSA) is 92.2 Å². The quantitative estimate of drug-likeness (QED) is 0.808. The van der Waals surface area contributed by atoms with Gasteiger partial charge in [-0.25, -0.2) is 4.68 Å². The second kappa shape index (κ2) is 7.01. The molecule has 0 atom stereocenters. The molecule has 3 heterocycles. The highest BCUT2D eigenvalue weighted by atomic mass is 16.2. The van der Waals surface area contributed by atoms with Crippen molar-refractivity contribution in [3.05, 3.63) is 42.2 Å². The second-order valence-electron chi connectivity index (χ2n) is 8.46. The molecule has 0 radical (unpaired) electrons. The van der Waals surface area contributed by atoms with Crippen LogP contribution in [0.2, 0.25) is 0 Å². The highest BCUT2D eigenvalue weighted by Gasteiger charge is 2.45. The zero-order valence-electron chi connectivity index (χ0n) is 16.3. The zero-order valence-corrected chi connectivity index (χ0v) is 16.3. The molecule has 8 heteroatoms. The number of rotatable bonds is 2. The van der Waals surface area contributed by atoms with Gasteiger partial charge in [0.15, 0.2) is 5.69 Å². The number of aromatic nitrogens is 3.